The SMILES string of the molecule is N#CCc1ccc(OCCNc2ccc3nnc(-c4cc(Cl)cc(Cl)c4)n3n2)cc1. The maximum absolute atomic E-state index is 8.71. The second-order valence-electron chi connectivity index (χ2n) is 6.42. The minimum Gasteiger partial charge on any atom is -0.492 e. The van der Waals surface area contributed by atoms with E-state index < -0.39 is 0 Å². The summed E-state index contributed by atoms with van der Waals surface area (Å²) in [7, 11) is 0. The van der Waals surface area contributed by atoms with Crippen LogP contribution in [0.25, 0.3) is 17.0 Å². The molecule has 0 atom stereocenters. The largest absolute Gasteiger partial charge is 0.492 e. The van der Waals surface area contributed by atoms with Crippen molar-refractivity contribution < 1.29 is 4.74 Å². The van der Waals surface area contributed by atoms with Crippen molar-refractivity contribution in [2.45, 2.75) is 6.42 Å². The molecular weight excluding hydrogens is 423 g/mol. The summed E-state index contributed by atoms with van der Waals surface area (Å²) < 4.78 is 7.36. The zero-order valence-electron chi connectivity index (χ0n) is 15.7. The highest BCUT2D eigenvalue weighted by Crippen LogP contribution is 2.26. The van der Waals surface area contributed by atoms with Gasteiger partial charge in [-0.3, -0.25) is 0 Å². The van der Waals surface area contributed by atoms with Crippen LogP contribution in [0, 0.1) is 11.3 Å². The van der Waals surface area contributed by atoms with Gasteiger partial charge in [0, 0.05) is 15.6 Å². The predicted molar refractivity (Wildman–Crippen MR) is 116 cm³/mol. The van der Waals surface area contributed by atoms with Crippen molar-refractivity contribution >= 4 is 34.7 Å². The molecule has 4 aromatic rings. The number of nitrogens with zero attached hydrogens (tertiary/aromatic N) is 5. The molecule has 1 N–H and O–H groups in total. The fourth-order valence-electron chi connectivity index (χ4n) is 2.89. The Morgan fingerprint density at radius 1 is 1.00 bits per heavy atom. The van der Waals surface area contributed by atoms with E-state index >= 15 is 0 Å². The molecular formula is C21H16Cl2N6O. The third kappa shape index (κ3) is 4.62. The molecule has 0 spiro atoms. The molecule has 2 aromatic carbocycles. The van der Waals surface area contributed by atoms with Gasteiger partial charge in [-0.2, -0.15) is 9.78 Å². The maximum atomic E-state index is 8.71. The fraction of sp³-hybridized carbons (Fsp3) is 0.143. The normalized spacial score (nSPS) is 10.7. The molecule has 0 saturated carbocycles. The molecule has 0 unspecified atom stereocenters. The van der Waals surface area contributed by atoms with E-state index in [1.165, 1.54) is 0 Å². The van der Waals surface area contributed by atoms with Crippen molar-refractivity contribution in [2.75, 3.05) is 18.5 Å². The van der Waals surface area contributed by atoms with Crippen molar-refractivity contribution in [3.63, 3.8) is 0 Å². The Balaban J connectivity index is 1.42. The molecule has 150 valence electrons. The van der Waals surface area contributed by atoms with Crippen molar-refractivity contribution in [1.29, 1.82) is 5.26 Å². The molecule has 0 fully saturated rings. The predicted octanol–water partition coefficient (Wildman–Crippen LogP) is 4.66. The van der Waals surface area contributed by atoms with E-state index in [0.717, 1.165) is 16.9 Å². The van der Waals surface area contributed by atoms with Crippen LogP contribution in [0.15, 0.2) is 54.6 Å². The molecule has 0 aliphatic heterocycles. The molecule has 9 heteroatoms. The first kappa shape index (κ1) is 20.0. The van der Waals surface area contributed by atoms with Crippen LogP contribution in [-0.2, 0) is 6.42 Å². The number of nitriles is 1. The van der Waals surface area contributed by atoms with Crippen LogP contribution >= 0.6 is 23.2 Å². The molecule has 30 heavy (non-hydrogen) atoms. The van der Waals surface area contributed by atoms with Crippen molar-refractivity contribution in [3.05, 3.63) is 70.2 Å². The number of aromatic nitrogens is 4. The Labute approximate surface area is 182 Å². The van der Waals surface area contributed by atoms with Gasteiger partial charge in [-0.05, 0) is 48.0 Å². The third-order valence-corrected chi connectivity index (χ3v) is 4.70. The van der Waals surface area contributed by atoms with Crippen molar-refractivity contribution in [2.24, 2.45) is 0 Å². The second-order valence-corrected chi connectivity index (χ2v) is 7.30. The van der Waals surface area contributed by atoms with E-state index in [0.29, 0.717) is 46.9 Å². The Morgan fingerprint density at radius 3 is 2.50 bits per heavy atom. The summed E-state index contributed by atoms with van der Waals surface area (Å²) in [6, 6.07) is 18.5. The van der Waals surface area contributed by atoms with Gasteiger partial charge in [-0.15, -0.1) is 15.3 Å². The lowest BCUT2D eigenvalue weighted by Crippen LogP contribution is -2.13. The molecule has 7 nitrogen and oxygen atoms in total. The molecule has 4 rings (SSSR count). The van der Waals surface area contributed by atoms with Gasteiger partial charge in [-0.1, -0.05) is 35.3 Å². The van der Waals surface area contributed by atoms with Gasteiger partial charge in [0.1, 0.15) is 18.2 Å². The topological polar surface area (TPSA) is 88.1 Å². The van der Waals surface area contributed by atoms with E-state index in [1.54, 1.807) is 22.7 Å². The van der Waals surface area contributed by atoms with Crippen LogP contribution in [-0.4, -0.2) is 33.0 Å². The number of anilines is 1. The lowest BCUT2D eigenvalue weighted by atomic mass is 10.2. The lowest BCUT2D eigenvalue weighted by molar-refractivity contribution is 0.332. The first-order chi connectivity index (χ1) is 14.6. The highest BCUT2D eigenvalue weighted by atomic mass is 35.5. The van der Waals surface area contributed by atoms with Crippen LogP contribution in [0.4, 0.5) is 5.82 Å². The number of hydrogen-bond acceptors (Lipinski definition) is 6. The first-order valence-electron chi connectivity index (χ1n) is 9.14. The minimum atomic E-state index is 0.391. The smallest absolute Gasteiger partial charge is 0.185 e. The summed E-state index contributed by atoms with van der Waals surface area (Å²) in [5, 5.41) is 25.9. The summed E-state index contributed by atoms with van der Waals surface area (Å²) in [5.74, 6) is 1.96. The van der Waals surface area contributed by atoms with E-state index in [4.69, 9.17) is 33.2 Å². The standard InChI is InChI=1S/C21H16Cl2N6O/c22-16-11-15(12-17(23)13-16)21-27-26-20-6-5-19(28-29(20)21)25-9-10-30-18-3-1-14(2-4-18)7-8-24/h1-6,11-13H,7,9-10H2,(H,25,28). The van der Waals surface area contributed by atoms with Gasteiger partial charge in [0.25, 0.3) is 0 Å². The lowest BCUT2D eigenvalue weighted by Gasteiger charge is -2.09. The molecule has 2 heterocycles. The van der Waals surface area contributed by atoms with Gasteiger partial charge in [0.2, 0.25) is 0 Å². The zero-order chi connectivity index (χ0) is 20.9. The number of fused-ring (bicyclic) bond motifs is 1. The third-order valence-electron chi connectivity index (χ3n) is 4.27. The van der Waals surface area contributed by atoms with Crippen LogP contribution in [0.1, 0.15) is 5.56 Å². The highest BCUT2D eigenvalue weighted by molar-refractivity contribution is 6.35. The number of nitrogens with one attached hydrogen (secondary N) is 1. The van der Waals surface area contributed by atoms with Crippen LogP contribution < -0.4 is 10.1 Å². The van der Waals surface area contributed by atoms with Gasteiger partial charge in [0.15, 0.2) is 11.5 Å². The summed E-state index contributed by atoms with van der Waals surface area (Å²) in [5.41, 5.74) is 2.30. The highest BCUT2D eigenvalue weighted by Gasteiger charge is 2.11. The van der Waals surface area contributed by atoms with Crippen LogP contribution in [0.2, 0.25) is 10.0 Å². The molecule has 0 amide bonds. The number of ether oxygens (including phenoxy) is 1. The molecule has 0 aliphatic carbocycles. The molecule has 0 radical (unpaired) electrons. The monoisotopic (exact) mass is 438 g/mol. The molecule has 0 bridgehead atoms. The Morgan fingerprint density at radius 2 is 1.77 bits per heavy atom. The van der Waals surface area contributed by atoms with Crippen LogP contribution in [0.3, 0.4) is 0 Å². The number of rotatable bonds is 7. The van der Waals surface area contributed by atoms with E-state index in [1.807, 2.05) is 36.4 Å². The van der Waals surface area contributed by atoms with E-state index in [9.17, 15) is 0 Å². The second kappa shape index (κ2) is 8.99. The quantitative estimate of drug-likeness (QED) is 0.422. The maximum Gasteiger partial charge on any atom is 0.185 e. The number of hydrogen-bond donors (Lipinski definition) is 1. The Hall–Kier alpha value is -3.34. The number of halogens is 2. The van der Waals surface area contributed by atoms with Gasteiger partial charge in [0.05, 0.1) is 19.0 Å². The van der Waals surface area contributed by atoms with Crippen LogP contribution in [0.5, 0.6) is 5.75 Å². The van der Waals surface area contributed by atoms with E-state index in [2.05, 4.69) is 26.7 Å². The van der Waals surface area contributed by atoms with Crippen molar-refractivity contribution in [3.8, 4) is 23.2 Å². The summed E-state index contributed by atoms with van der Waals surface area (Å²) in [6.07, 6.45) is 0.391. The molecule has 2 aromatic heterocycles. The van der Waals surface area contributed by atoms with Crippen molar-refractivity contribution in [1.82, 2.24) is 19.8 Å². The average Bonchev–Trinajstić information content (AvgIpc) is 3.15. The zero-order valence-corrected chi connectivity index (χ0v) is 17.2. The average molecular weight is 439 g/mol. The number of benzene rings is 2. The molecule has 0 saturated heterocycles. The van der Waals surface area contributed by atoms with Gasteiger partial charge in [-0.25, -0.2) is 0 Å². The minimum absolute atomic E-state index is 0.391. The Bertz CT molecular complexity index is 1200. The summed E-state index contributed by atoms with van der Waals surface area (Å²) in [4.78, 5) is 0. The first-order valence-corrected chi connectivity index (χ1v) is 9.89. The van der Waals surface area contributed by atoms with Gasteiger partial charge >= 0.3 is 0 Å². The fourth-order valence-corrected chi connectivity index (χ4v) is 3.41. The van der Waals surface area contributed by atoms with E-state index in [-0.39, 0.29) is 0 Å². The van der Waals surface area contributed by atoms with Gasteiger partial charge < -0.3 is 10.1 Å². The summed E-state index contributed by atoms with van der Waals surface area (Å²) >= 11 is 12.2. The Kier molecular flexibility index (Phi) is 5.98. The summed E-state index contributed by atoms with van der Waals surface area (Å²) in [6.45, 7) is 1.01. The molecule has 0 aliphatic rings.